The number of ether oxygens (including phenoxy) is 1. The Balaban J connectivity index is 1.32. The summed E-state index contributed by atoms with van der Waals surface area (Å²) in [5.41, 5.74) is 2.44. The van der Waals surface area contributed by atoms with E-state index < -0.39 is 0 Å². The molecule has 1 aliphatic heterocycles. The molecule has 9 nitrogen and oxygen atoms in total. The van der Waals surface area contributed by atoms with E-state index in [-0.39, 0.29) is 17.7 Å². The fraction of sp³-hybridized carbons (Fsp3) is 0.174. The second-order valence-corrected chi connectivity index (χ2v) is 8.08. The highest BCUT2D eigenvalue weighted by molar-refractivity contribution is 7.99. The monoisotopic (exact) mass is 461 g/mol. The predicted molar refractivity (Wildman–Crippen MR) is 121 cm³/mol. The zero-order valence-electron chi connectivity index (χ0n) is 17.6. The van der Waals surface area contributed by atoms with Gasteiger partial charge in [0.1, 0.15) is 17.6 Å². The molecule has 1 amide bonds. The number of thioether (sulfide) groups is 1. The maximum atomic E-state index is 13.1. The lowest BCUT2D eigenvalue weighted by molar-refractivity contribution is -0.130. The van der Waals surface area contributed by atoms with Gasteiger partial charge in [0, 0.05) is 18.8 Å². The van der Waals surface area contributed by atoms with Crippen LogP contribution in [0.3, 0.4) is 0 Å². The average molecular weight is 462 g/mol. The van der Waals surface area contributed by atoms with Crippen LogP contribution in [0.2, 0.25) is 0 Å². The largest absolute Gasteiger partial charge is 0.497 e. The van der Waals surface area contributed by atoms with E-state index in [9.17, 15) is 4.79 Å². The Kier molecular flexibility index (Phi) is 5.90. The minimum atomic E-state index is -0.321. The number of amides is 1. The van der Waals surface area contributed by atoms with Crippen molar-refractivity contribution in [2.75, 3.05) is 12.9 Å². The van der Waals surface area contributed by atoms with Gasteiger partial charge in [0.05, 0.1) is 30.4 Å². The second kappa shape index (κ2) is 9.29. The van der Waals surface area contributed by atoms with E-state index in [2.05, 4.69) is 20.3 Å². The van der Waals surface area contributed by atoms with E-state index in [0.29, 0.717) is 28.9 Å². The van der Waals surface area contributed by atoms with Gasteiger partial charge in [-0.2, -0.15) is 5.10 Å². The molecule has 4 heterocycles. The molecule has 0 fully saturated rings. The normalized spacial score (nSPS) is 15.5. The van der Waals surface area contributed by atoms with Crippen molar-refractivity contribution in [1.82, 2.24) is 20.2 Å². The van der Waals surface area contributed by atoms with E-state index >= 15 is 0 Å². The van der Waals surface area contributed by atoms with E-state index in [1.807, 2.05) is 36.4 Å². The van der Waals surface area contributed by atoms with Crippen LogP contribution in [0.4, 0.5) is 0 Å². The molecule has 1 aliphatic rings. The smallest absolute Gasteiger partial charge is 0.277 e. The number of benzene rings is 1. The molecule has 4 aromatic rings. The standard InChI is InChI=1S/C23H19N5O4S/c1-30-17-8-6-15(7-9-17)18-12-19(20-5-3-11-31-20)28(27-18)21(29)14-33-23-26-25-22(32-23)16-4-2-10-24-13-16/h2-11,13,19H,12,14H2,1H3/t19-/m1/s1. The van der Waals surface area contributed by atoms with Crippen molar-refractivity contribution in [2.45, 2.75) is 17.7 Å². The minimum absolute atomic E-state index is 0.0886. The first kappa shape index (κ1) is 21.0. The van der Waals surface area contributed by atoms with Crippen molar-refractivity contribution >= 4 is 23.4 Å². The van der Waals surface area contributed by atoms with Crippen LogP contribution in [0.15, 0.2) is 86.3 Å². The van der Waals surface area contributed by atoms with Gasteiger partial charge in [-0.25, -0.2) is 5.01 Å². The summed E-state index contributed by atoms with van der Waals surface area (Å²) in [7, 11) is 1.62. The quantitative estimate of drug-likeness (QED) is 0.377. The zero-order valence-corrected chi connectivity index (χ0v) is 18.4. The first-order valence-electron chi connectivity index (χ1n) is 10.2. The molecule has 33 heavy (non-hydrogen) atoms. The van der Waals surface area contributed by atoms with Crippen LogP contribution in [0.1, 0.15) is 23.8 Å². The number of nitrogens with zero attached hydrogens (tertiary/aromatic N) is 5. The highest BCUT2D eigenvalue weighted by atomic mass is 32.2. The molecule has 166 valence electrons. The number of hydrogen-bond donors (Lipinski definition) is 0. The molecule has 5 rings (SSSR count). The van der Waals surface area contributed by atoms with Crippen molar-refractivity contribution in [3.05, 3.63) is 78.5 Å². The first-order valence-corrected chi connectivity index (χ1v) is 11.1. The van der Waals surface area contributed by atoms with Gasteiger partial charge in [0.25, 0.3) is 11.1 Å². The highest BCUT2D eigenvalue weighted by Crippen LogP contribution is 2.34. The molecule has 0 bridgehead atoms. The molecule has 0 saturated heterocycles. The lowest BCUT2D eigenvalue weighted by Gasteiger charge is -2.19. The third-order valence-electron chi connectivity index (χ3n) is 5.09. The Bertz CT molecular complexity index is 1260. The van der Waals surface area contributed by atoms with E-state index in [1.54, 1.807) is 37.9 Å². The highest BCUT2D eigenvalue weighted by Gasteiger charge is 2.35. The summed E-state index contributed by atoms with van der Waals surface area (Å²) in [6, 6.07) is 14.5. The Morgan fingerprint density at radius 3 is 2.76 bits per heavy atom. The van der Waals surface area contributed by atoms with Crippen LogP contribution in [0.5, 0.6) is 5.75 Å². The Morgan fingerprint density at radius 2 is 2.03 bits per heavy atom. The number of methoxy groups -OCH3 is 1. The maximum absolute atomic E-state index is 13.1. The maximum Gasteiger partial charge on any atom is 0.277 e. The zero-order chi connectivity index (χ0) is 22.6. The van der Waals surface area contributed by atoms with Crippen molar-refractivity contribution in [3.8, 4) is 17.2 Å². The van der Waals surface area contributed by atoms with E-state index in [0.717, 1.165) is 28.8 Å². The molecule has 0 saturated carbocycles. The molecule has 10 heteroatoms. The molecule has 0 spiro atoms. The number of hydrazone groups is 1. The summed E-state index contributed by atoms with van der Waals surface area (Å²) >= 11 is 1.16. The van der Waals surface area contributed by atoms with Crippen molar-refractivity contribution < 1.29 is 18.4 Å². The SMILES string of the molecule is COc1ccc(C2=NN(C(=O)CSc3nnc(-c4cccnc4)o3)[C@@H](c3ccco3)C2)cc1. The van der Waals surface area contributed by atoms with Gasteiger partial charge in [-0.05, 0) is 54.1 Å². The summed E-state index contributed by atoms with van der Waals surface area (Å²) in [5.74, 6) is 1.69. The predicted octanol–water partition coefficient (Wildman–Crippen LogP) is 4.20. The number of furan rings is 1. The second-order valence-electron chi connectivity index (χ2n) is 7.15. The van der Waals surface area contributed by atoms with Crippen molar-refractivity contribution in [3.63, 3.8) is 0 Å². The van der Waals surface area contributed by atoms with Crippen LogP contribution >= 0.6 is 11.8 Å². The van der Waals surface area contributed by atoms with Gasteiger partial charge < -0.3 is 13.6 Å². The fourth-order valence-corrected chi connectivity index (χ4v) is 4.08. The van der Waals surface area contributed by atoms with Gasteiger partial charge in [0.15, 0.2) is 0 Å². The van der Waals surface area contributed by atoms with E-state index in [4.69, 9.17) is 13.6 Å². The van der Waals surface area contributed by atoms with Crippen LogP contribution in [-0.4, -0.2) is 44.7 Å². The lowest BCUT2D eigenvalue weighted by Crippen LogP contribution is -2.28. The van der Waals surface area contributed by atoms with Gasteiger partial charge in [0.2, 0.25) is 5.89 Å². The summed E-state index contributed by atoms with van der Waals surface area (Å²) < 4.78 is 16.5. The van der Waals surface area contributed by atoms with Gasteiger partial charge in [-0.3, -0.25) is 9.78 Å². The number of carbonyl (C=O) groups excluding carboxylic acids is 1. The Morgan fingerprint density at radius 1 is 1.15 bits per heavy atom. The summed E-state index contributed by atoms with van der Waals surface area (Å²) in [6.07, 6.45) is 5.44. The van der Waals surface area contributed by atoms with Crippen LogP contribution < -0.4 is 4.74 Å². The van der Waals surface area contributed by atoms with Crippen LogP contribution in [0, 0.1) is 0 Å². The Labute approximate surface area is 193 Å². The number of rotatable bonds is 7. The molecule has 1 atom stereocenters. The topological polar surface area (TPSA) is 107 Å². The number of hydrogen-bond acceptors (Lipinski definition) is 9. The minimum Gasteiger partial charge on any atom is -0.497 e. The van der Waals surface area contributed by atoms with Crippen LogP contribution in [-0.2, 0) is 4.79 Å². The number of pyridine rings is 1. The van der Waals surface area contributed by atoms with E-state index in [1.165, 1.54) is 5.01 Å². The fourth-order valence-electron chi connectivity index (χ4n) is 3.46. The molecule has 1 aromatic carbocycles. The Hall–Kier alpha value is -3.92. The molecule has 0 radical (unpaired) electrons. The molecular weight excluding hydrogens is 442 g/mol. The lowest BCUT2D eigenvalue weighted by atomic mass is 10.0. The average Bonchev–Trinajstić information content (AvgIpc) is 3.64. The summed E-state index contributed by atoms with van der Waals surface area (Å²) in [5, 5.41) is 14.5. The molecule has 3 aromatic heterocycles. The van der Waals surface area contributed by atoms with Gasteiger partial charge in [-0.1, -0.05) is 11.8 Å². The summed E-state index contributed by atoms with van der Waals surface area (Å²) in [4.78, 5) is 17.2. The number of aromatic nitrogens is 3. The molecule has 0 N–H and O–H groups in total. The van der Waals surface area contributed by atoms with Gasteiger partial charge in [-0.15, -0.1) is 10.2 Å². The number of carbonyl (C=O) groups is 1. The molecule has 0 unspecified atom stereocenters. The third kappa shape index (κ3) is 4.51. The molecule has 0 aliphatic carbocycles. The van der Waals surface area contributed by atoms with Crippen LogP contribution in [0.25, 0.3) is 11.5 Å². The summed E-state index contributed by atoms with van der Waals surface area (Å²) in [6.45, 7) is 0. The van der Waals surface area contributed by atoms with Gasteiger partial charge >= 0.3 is 0 Å². The first-order chi connectivity index (χ1) is 16.2. The third-order valence-corrected chi connectivity index (χ3v) is 5.90. The molecular formula is C23H19N5O4S. The van der Waals surface area contributed by atoms with Crippen molar-refractivity contribution in [1.29, 1.82) is 0 Å². The van der Waals surface area contributed by atoms with Crippen molar-refractivity contribution in [2.24, 2.45) is 5.10 Å².